The van der Waals surface area contributed by atoms with E-state index in [1.807, 2.05) is 0 Å². The molecule has 0 aliphatic carbocycles. The van der Waals surface area contributed by atoms with Crippen LogP contribution in [0, 0.1) is 0 Å². The standard InChI is InChI=1S/C14H9BrN2O3/c15-9-3-6-12(19)11(7-9)14-16-13(17-20-14)8-1-4-10(18)5-2-8/h1-7,18-19H. The van der Waals surface area contributed by atoms with E-state index >= 15 is 0 Å². The Balaban J connectivity index is 2.01. The van der Waals surface area contributed by atoms with Crippen LogP contribution in [0.3, 0.4) is 0 Å². The van der Waals surface area contributed by atoms with Crippen LogP contribution in [0.2, 0.25) is 0 Å². The van der Waals surface area contributed by atoms with Crippen molar-refractivity contribution in [1.82, 2.24) is 10.1 Å². The number of rotatable bonds is 2. The maximum absolute atomic E-state index is 9.82. The van der Waals surface area contributed by atoms with E-state index in [9.17, 15) is 10.2 Å². The Bertz CT molecular complexity index is 753. The van der Waals surface area contributed by atoms with E-state index in [0.29, 0.717) is 17.0 Å². The summed E-state index contributed by atoms with van der Waals surface area (Å²) < 4.78 is 5.97. The minimum atomic E-state index is 0.0640. The highest BCUT2D eigenvalue weighted by Crippen LogP contribution is 2.32. The number of nitrogens with zero attached hydrogens (tertiary/aromatic N) is 2. The second-order valence-electron chi connectivity index (χ2n) is 4.13. The molecular weight excluding hydrogens is 324 g/mol. The van der Waals surface area contributed by atoms with Gasteiger partial charge in [-0.05, 0) is 42.5 Å². The van der Waals surface area contributed by atoms with E-state index in [1.165, 1.54) is 0 Å². The Morgan fingerprint density at radius 2 is 1.75 bits per heavy atom. The van der Waals surface area contributed by atoms with Crippen LogP contribution >= 0.6 is 15.9 Å². The predicted octanol–water partition coefficient (Wildman–Crippen LogP) is 3.58. The summed E-state index contributed by atoms with van der Waals surface area (Å²) in [6.45, 7) is 0. The molecule has 0 spiro atoms. The first-order chi connectivity index (χ1) is 9.63. The normalized spacial score (nSPS) is 10.7. The summed E-state index contributed by atoms with van der Waals surface area (Å²) in [5.41, 5.74) is 1.17. The molecule has 0 saturated heterocycles. The Morgan fingerprint density at radius 1 is 1.00 bits per heavy atom. The van der Waals surface area contributed by atoms with Gasteiger partial charge in [0.2, 0.25) is 5.82 Å². The van der Waals surface area contributed by atoms with Gasteiger partial charge in [-0.3, -0.25) is 0 Å². The molecule has 0 aliphatic heterocycles. The maximum Gasteiger partial charge on any atom is 0.262 e. The molecule has 2 N–H and O–H groups in total. The van der Waals surface area contributed by atoms with Gasteiger partial charge in [-0.25, -0.2) is 0 Å². The quantitative estimate of drug-likeness (QED) is 0.749. The largest absolute Gasteiger partial charge is 0.508 e. The van der Waals surface area contributed by atoms with Crippen LogP contribution in [0.25, 0.3) is 22.8 Å². The third-order valence-electron chi connectivity index (χ3n) is 2.74. The molecule has 0 saturated carbocycles. The Hall–Kier alpha value is -2.34. The Kier molecular flexibility index (Phi) is 3.15. The number of aromatic hydroxyl groups is 2. The van der Waals surface area contributed by atoms with Crippen molar-refractivity contribution in [2.24, 2.45) is 0 Å². The van der Waals surface area contributed by atoms with Gasteiger partial charge in [-0.15, -0.1) is 0 Å². The summed E-state index contributed by atoms with van der Waals surface area (Å²) in [5, 5.41) is 22.9. The van der Waals surface area contributed by atoms with Crippen molar-refractivity contribution in [3.8, 4) is 34.3 Å². The predicted molar refractivity (Wildman–Crippen MR) is 76.2 cm³/mol. The van der Waals surface area contributed by atoms with Crippen LogP contribution in [0.4, 0.5) is 0 Å². The van der Waals surface area contributed by atoms with Crippen molar-refractivity contribution < 1.29 is 14.7 Å². The van der Waals surface area contributed by atoms with Crippen molar-refractivity contribution in [1.29, 1.82) is 0 Å². The third kappa shape index (κ3) is 2.37. The van der Waals surface area contributed by atoms with Crippen molar-refractivity contribution >= 4 is 15.9 Å². The highest BCUT2D eigenvalue weighted by atomic mass is 79.9. The van der Waals surface area contributed by atoms with E-state index in [4.69, 9.17) is 4.52 Å². The maximum atomic E-state index is 9.82. The number of hydrogen-bond acceptors (Lipinski definition) is 5. The second-order valence-corrected chi connectivity index (χ2v) is 5.05. The van der Waals surface area contributed by atoms with Gasteiger partial charge < -0.3 is 14.7 Å². The minimum Gasteiger partial charge on any atom is -0.508 e. The summed E-state index contributed by atoms with van der Waals surface area (Å²) in [6, 6.07) is 11.4. The van der Waals surface area contributed by atoms with Crippen molar-refractivity contribution in [2.45, 2.75) is 0 Å². The molecule has 3 aromatic rings. The number of phenols is 2. The van der Waals surface area contributed by atoms with E-state index in [1.54, 1.807) is 42.5 Å². The van der Waals surface area contributed by atoms with Crippen LogP contribution in [-0.2, 0) is 0 Å². The van der Waals surface area contributed by atoms with Gasteiger partial charge in [0.15, 0.2) is 0 Å². The minimum absolute atomic E-state index is 0.0640. The van der Waals surface area contributed by atoms with Gasteiger partial charge in [0.1, 0.15) is 11.5 Å². The molecule has 0 amide bonds. The molecule has 1 aromatic heterocycles. The van der Waals surface area contributed by atoms with Crippen molar-refractivity contribution in [3.05, 3.63) is 46.9 Å². The monoisotopic (exact) mass is 332 g/mol. The van der Waals surface area contributed by atoms with Crippen molar-refractivity contribution in [2.75, 3.05) is 0 Å². The van der Waals surface area contributed by atoms with E-state index in [0.717, 1.165) is 4.47 Å². The van der Waals surface area contributed by atoms with Crippen LogP contribution in [-0.4, -0.2) is 20.4 Å². The van der Waals surface area contributed by atoms with Gasteiger partial charge in [0, 0.05) is 10.0 Å². The van der Waals surface area contributed by atoms with Gasteiger partial charge in [-0.1, -0.05) is 21.1 Å². The molecule has 100 valence electrons. The molecule has 0 fully saturated rings. The van der Waals surface area contributed by atoms with Gasteiger partial charge in [-0.2, -0.15) is 4.98 Å². The molecule has 0 bridgehead atoms. The number of phenolic OH excluding ortho intramolecular Hbond substituents is 2. The number of hydrogen-bond donors (Lipinski definition) is 2. The molecule has 5 nitrogen and oxygen atoms in total. The van der Waals surface area contributed by atoms with Gasteiger partial charge in [0.05, 0.1) is 5.56 Å². The zero-order valence-electron chi connectivity index (χ0n) is 10.1. The summed E-state index contributed by atoms with van der Waals surface area (Å²) in [5.74, 6) is 0.849. The molecule has 20 heavy (non-hydrogen) atoms. The molecule has 3 rings (SSSR count). The summed E-state index contributed by atoms with van der Waals surface area (Å²) in [6.07, 6.45) is 0. The lowest BCUT2D eigenvalue weighted by Crippen LogP contribution is -1.82. The molecule has 0 radical (unpaired) electrons. The van der Waals surface area contributed by atoms with E-state index < -0.39 is 0 Å². The summed E-state index contributed by atoms with van der Waals surface area (Å²) in [4.78, 5) is 4.24. The topological polar surface area (TPSA) is 79.4 Å². The number of aromatic nitrogens is 2. The average molecular weight is 333 g/mol. The zero-order chi connectivity index (χ0) is 14.1. The SMILES string of the molecule is Oc1ccc(-c2noc(-c3cc(Br)ccc3O)n2)cc1. The molecule has 0 unspecified atom stereocenters. The molecule has 1 heterocycles. The van der Waals surface area contributed by atoms with Crippen LogP contribution in [0.1, 0.15) is 0 Å². The van der Waals surface area contributed by atoms with Crippen LogP contribution in [0.15, 0.2) is 51.5 Å². The zero-order valence-corrected chi connectivity index (χ0v) is 11.7. The fourth-order valence-corrected chi connectivity index (χ4v) is 2.10. The van der Waals surface area contributed by atoms with E-state index in [2.05, 4.69) is 26.1 Å². The lowest BCUT2D eigenvalue weighted by molar-refractivity contribution is 0.425. The van der Waals surface area contributed by atoms with Gasteiger partial charge in [0.25, 0.3) is 5.89 Å². The summed E-state index contributed by atoms with van der Waals surface area (Å²) >= 11 is 3.32. The molecule has 0 aliphatic rings. The second kappa shape index (κ2) is 4.97. The first-order valence-corrected chi connectivity index (χ1v) is 6.55. The van der Waals surface area contributed by atoms with Gasteiger partial charge >= 0.3 is 0 Å². The average Bonchev–Trinajstić information content (AvgIpc) is 2.92. The smallest absolute Gasteiger partial charge is 0.262 e. The van der Waals surface area contributed by atoms with E-state index in [-0.39, 0.29) is 17.4 Å². The molecular formula is C14H9BrN2O3. The fraction of sp³-hybridized carbons (Fsp3) is 0. The number of benzene rings is 2. The Morgan fingerprint density at radius 3 is 2.50 bits per heavy atom. The first-order valence-electron chi connectivity index (χ1n) is 5.75. The lowest BCUT2D eigenvalue weighted by Gasteiger charge is -1.99. The molecule has 2 aromatic carbocycles. The highest BCUT2D eigenvalue weighted by molar-refractivity contribution is 9.10. The first kappa shape index (κ1) is 12.7. The molecule has 0 atom stereocenters. The van der Waals surface area contributed by atoms with Crippen LogP contribution < -0.4 is 0 Å². The molecule has 6 heteroatoms. The Labute approximate surface area is 122 Å². The number of halogens is 1. The third-order valence-corrected chi connectivity index (χ3v) is 3.23. The van der Waals surface area contributed by atoms with Crippen molar-refractivity contribution in [3.63, 3.8) is 0 Å². The lowest BCUT2D eigenvalue weighted by atomic mass is 10.2. The summed E-state index contributed by atoms with van der Waals surface area (Å²) in [7, 11) is 0. The fourth-order valence-electron chi connectivity index (χ4n) is 1.74. The van der Waals surface area contributed by atoms with Crippen LogP contribution in [0.5, 0.6) is 11.5 Å². The highest BCUT2D eigenvalue weighted by Gasteiger charge is 2.14.